The number of nitrogens with zero attached hydrogens (tertiary/aromatic N) is 3. The van der Waals surface area contributed by atoms with Gasteiger partial charge in [-0.2, -0.15) is 10.5 Å². The molecule has 8 heteroatoms. The summed E-state index contributed by atoms with van der Waals surface area (Å²) in [6.45, 7) is 3.39. The van der Waals surface area contributed by atoms with E-state index >= 15 is 0 Å². The lowest BCUT2D eigenvalue weighted by atomic mass is 10.2. The van der Waals surface area contributed by atoms with Crippen LogP contribution in [-0.2, 0) is 0 Å². The Balaban J connectivity index is 2.38. The third-order valence-corrected chi connectivity index (χ3v) is 4.47. The Kier molecular flexibility index (Phi) is 5.38. The van der Waals surface area contributed by atoms with Gasteiger partial charge in [0, 0.05) is 23.7 Å². The molecule has 0 aromatic carbocycles. The molecule has 7 nitrogen and oxygen atoms in total. The van der Waals surface area contributed by atoms with Crippen molar-refractivity contribution in [2.45, 2.75) is 13.8 Å². The minimum absolute atomic E-state index is 0.292. The smallest absolute Gasteiger partial charge is 0.267 e. The lowest BCUT2D eigenvalue weighted by Crippen LogP contribution is -2.21. The number of fused-ring (bicyclic) bond motifs is 1. The van der Waals surface area contributed by atoms with Crippen molar-refractivity contribution in [3.63, 3.8) is 0 Å². The second kappa shape index (κ2) is 7.47. The van der Waals surface area contributed by atoms with E-state index in [9.17, 15) is 10.1 Å². The van der Waals surface area contributed by atoms with Gasteiger partial charge in [-0.1, -0.05) is 0 Å². The Hall–Kier alpha value is -3.36. The molecule has 0 fully saturated rings. The zero-order valence-corrected chi connectivity index (χ0v) is 14.8. The summed E-state index contributed by atoms with van der Waals surface area (Å²) in [6.07, 6.45) is 3.26. The SMILES string of the molecule is CNc1nc2sc(C(=O)NC(C)=CC=C(C)C#N)c(N)c2cc1C#N. The first-order chi connectivity index (χ1) is 11.9. The summed E-state index contributed by atoms with van der Waals surface area (Å²) in [5.41, 5.74) is 7.84. The van der Waals surface area contributed by atoms with Gasteiger partial charge in [0.05, 0.1) is 17.3 Å². The Morgan fingerprint density at radius 3 is 2.68 bits per heavy atom. The van der Waals surface area contributed by atoms with E-state index in [0.29, 0.717) is 43.4 Å². The van der Waals surface area contributed by atoms with Gasteiger partial charge in [0.1, 0.15) is 21.6 Å². The van der Waals surface area contributed by atoms with Crippen LogP contribution in [0.2, 0.25) is 0 Å². The third-order valence-electron chi connectivity index (χ3n) is 3.35. The summed E-state index contributed by atoms with van der Waals surface area (Å²) in [4.78, 5) is 17.7. The first kappa shape index (κ1) is 18.0. The molecule has 4 N–H and O–H groups in total. The lowest BCUT2D eigenvalue weighted by molar-refractivity contribution is 0.0971. The quantitative estimate of drug-likeness (QED) is 0.573. The molecule has 0 saturated carbocycles. The standard InChI is InChI=1S/C17H16N6OS/c1-9(7-18)4-5-10(2)22-16(24)14-13(20)12-6-11(8-19)15(21-3)23-17(12)25-14/h4-6H,20H2,1-3H3,(H,21,23)(H,22,24). The van der Waals surface area contributed by atoms with Gasteiger partial charge in [0.15, 0.2) is 0 Å². The number of thiophene rings is 1. The second-order valence-electron chi connectivity index (χ2n) is 5.21. The van der Waals surface area contributed by atoms with Gasteiger partial charge < -0.3 is 16.4 Å². The van der Waals surface area contributed by atoms with Crippen molar-refractivity contribution in [3.8, 4) is 12.1 Å². The van der Waals surface area contributed by atoms with E-state index in [2.05, 4.69) is 21.7 Å². The van der Waals surface area contributed by atoms with Gasteiger partial charge >= 0.3 is 0 Å². The molecule has 2 aromatic rings. The van der Waals surface area contributed by atoms with E-state index in [1.165, 1.54) is 0 Å². The van der Waals surface area contributed by atoms with Crippen molar-refractivity contribution >= 4 is 39.0 Å². The van der Waals surface area contributed by atoms with Gasteiger partial charge in [0.2, 0.25) is 0 Å². The van der Waals surface area contributed by atoms with Gasteiger partial charge in [-0.15, -0.1) is 11.3 Å². The highest BCUT2D eigenvalue weighted by atomic mass is 32.1. The number of rotatable bonds is 4. The number of allylic oxidation sites excluding steroid dienone is 4. The Morgan fingerprint density at radius 2 is 2.08 bits per heavy atom. The zero-order valence-electron chi connectivity index (χ0n) is 14.0. The highest BCUT2D eigenvalue weighted by Crippen LogP contribution is 2.34. The maximum Gasteiger partial charge on any atom is 0.267 e. The zero-order chi connectivity index (χ0) is 18.6. The third kappa shape index (κ3) is 3.77. The summed E-state index contributed by atoms with van der Waals surface area (Å²) >= 11 is 1.16. The van der Waals surface area contributed by atoms with Crippen LogP contribution < -0.4 is 16.4 Å². The fourth-order valence-corrected chi connectivity index (χ4v) is 3.02. The molecule has 0 atom stereocenters. The van der Waals surface area contributed by atoms with Crippen molar-refractivity contribution in [2.75, 3.05) is 18.1 Å². The number of amides is 1. The van der Waals surface area contributed by atoms with Gasteiger partial charge in [-0.05, 0) is 32.1 Å². The molecule has 0 spiro atoms. The minimum Gasteiger partial charge on any atom is -0.397 e. The number of hydrogen-bond donors (Lipinski definition) is 3. The van der Waals surface area contributed by atoms with Crippen molar-refractivity contribution in [1.29, 1.82) is 10.5 Å². The first-order valence-electron chi connectivity index (χ1n) is 7.28. The van der Waals surface area contributed by atoms with Crippen LogP contribution in [0, 0.1) is 22.7 Å². The number of anilines is 2. The maximum atomic E-state index is 12.5. The molecule has 0 aliphatic carbocycles. The monoisotopic (exact) mass is 352 g/mol. The van der Waals surface area contributed by atoms with Crippen LogP contribution >= 0.6 is 11.3 Å². The fourth-order valence-electron chi connectivity index (χ4n) is 2.05. The number of nitrogens with two attached hydrogens (primary N) is 1. The highest BCUT2D eigenvalue weighted by molar-refractivity contribution is 7.21. The first-order valence-corrected chi connectivity index (χ1v) is 8.10. The van der Waals surface area contributed by atoms with Crippen LogP contribution in [0.4, 0.5) is 11.5 Å². The van der Waals surface area contributed by atoms with E-state index < -0.39 is 0 Å². The maximum absolute atomic E-state index is 12.5. The molecule has 25 heavy (non-hydrogen) atoms. The van der Waals surface area contributed by atoms with Crippen molar-refractivity contribution in [2.24, 2.45) is 0 Å². The molecule has 0 bridgehead atoms. The Morgan fingerprint density at radius 1 is 1.36 bits per heavy atom. The number of nitriles is 2. The molecule has 0 saturated heterocycles. The van der Waals surface area contributed by atoms with Gasteiger partial charge in [-0.25, -0.2) is 4.98 Å². The molecule has 0 unspecified atom stereocenters. The van der Waals surface area contributed by atoms with Crippen molar-refractivity contribution in [1.82, 2.24) is 10.3 Å². The second-order valence-corrected chi connectivity index (χ2v) is 6.21. The lowest BCUT2D eigenvalue weighted by Gasteiger charge is -2.03. The largest absolute Gasteiger partial charge is 0.397 e. The van der Waals surface area contributed by atoms with E-state index in [-0.39, 0.29) is 5.91 Å². The molecular weight excluding hydrogens is 336 g/mol. The number of carbonyl (C=O) groups is 1. The van der Waals surface area contributed by atoms with Crippen LogP contribution in [0.15, 0.2) is 29.5 Å². The molecule has 2 heterocycles. The molecule has 126 valence electrons. The number of aromatic nitrogens is 1. The van der Waals surface area contributed by atoms with E-state index in [1.54, 1.807) is 39.1 Å². The summed E-state index contributed by atoms with van der Waals surface area (Å²) < 4.78 is 0. The van der Waals surface area contributed by atoms with E-state index in [4.69, 9.17) is 11.0 Å². The van der Waals surface area contributed by atoms with E-state index in [1.807, 2.05) is 6.07 Å². The number of hydrogen-bond acceptors (Lipinski definition) is 7. The van der Waals surface area contributed by atoms with Gasteiger partial charge in [-0.3, -0.25) is 4.79 Å². The molecule has 2 aromatic heterocycles. The molecule has 0 aliphatic rings. The van der Waals surface area contributed by atoms with Crippen LogP contribution in [0.3, 0.4) is 0 Å². The summed E-state index contributed by atoms with van der Waals surface area (Å²) in [5.74, 6) is 0.0816. The average molecular weight is 352 g/mol. The molecule has 1 amide bonds. The summed E-state index contributed by atoms with van der Waals surface area (Å²) in [6, 6.07) is 5.67. The van der Waals surface area contributed by atoms with Crippen LogP contribution in [0.25, 0.3) is 10.2 Å². The number of carbonyl (C=O) groups excluding carboxylic acids is 1. The van der Waals surface area contributed by atoms with Crippen LogP contribution in [-0.4, -0.2) is 17.9 Å². The van der Waals surface area contributed by atoms with Crippen LogP contribution in [0.5, 0.6) is 0 Å². The Bertz CT molecular complexity index is 987. The van der Waals surface area contributed by atoms with E-state index in [0.717, 1.165) is 11.3 Å². The average Bonchev–Trinajstić information content (AvgIpc) is 2.94. The number of pyridine rings is 1. The summed E-state index contributed by atoms with van der Waals surface area (Å²) in [5, 5.41) is 24.1. The normalized spacial score (nSPS) is 11.7. The summed E-state index contributed by atoms with van der Waals surface area (Å²) in [7, 11) is 1.67. The van der Waals surface area contributed by atoms with Crippen molar-refractivity contribution < 1.29 is 4.79 Å². The van der Waals surface area contributed by atoms with Crippen molar-refractivity contribution in [3.05, 3.63) is 39.9 Å². The predicted molar refractivity (Wildman–Crippen MR) is 98.9 cm³/mol. The molecular formula is C17H16N6OS. The molecule has 0 aliphatic heterocycles. The predicted octanol–water partition coefficient (Wildman–Crippen LogP) is 2.90. The van der Waals surface area contributed by atoms with Crippen LogP contribution in [0.1, 0.15) is 29.1 Å². The topological polar surface area (TPSA) is 128 Å². The number of nitrogen functional groups attached to an aromatic ring is 1. The molecule has 2 rings (SSSR count). The minimum atomic E-state index is -0.359. The number of nitrogens with one attached hydrogen (secondary N) is 2. The molecule has 0 radical (unpaired) electrons. The fraction of sp³-hybridized carbons (Fsp3) is 0.176. The highest BCUT2D eigenvalue weighted by Gasteiger charge is 2.19. The van der Waals surface area contributed by atoms with Gasteiger partial charge in [0.25, 0.3) is 5.91 Å². The Labute approximate surface area is 149 Å².